The van der Waals surface area contributed by atoms with E-state index in [1.165, 1.54) is 0 Å². The van der Waals surface area contributed by atoms with E-state index in [1.807, 2.05) is 12.1 Å². The van der Waals surface area contributed by atoms with Gasteiger partial charge in [-0.25, -0.2) is 13.1 Å². The Morgan fingerprint density at radius 3 is 2.29 bits per heavy atom. The molecular formula is C15H25N3O2S. The minimum Gasteiger partial charge on any atom is -0.371 e. The summed E-state index contributed by atoms with van der Waals surface area (Å²) in [5, 5.41) is 0. The van der Waals surface area contributed by atoms with E-state index < -0.39 is 10.0 Å². The molecule has 3 N–H and O–H groups in total. The second kappa shape index (κ2) is 6.34. The zero-order valence-electron chi connectivity index (χ0n) is 12.8. The molecule has 21 heavy (non-hydrogen) atoms. The van der Waals surface area contributed by atoms with E-state index >= 15 is 0 Å². The summed E-state index contributed by atoms with van der Waals surface area (Å²) in [6, 6.07) is 7.11. The highest BCUT2D eigenvalue weighted by atomic mass is 32.2. The van der Waals surface area contributed by atoms with Crippen LogP contribution in [0.4, 0.5) is 5.69 Å². The Labute approximate surface area is 127 Å². The minimum absolute atomic E-state index is 0.241. The van der Waals surface area contributed by atoms with Gasteiger partial charge in [-0.05, 0) is 49.1 Å². The van der Waals surface area contributed by atoms with Crippen molar-refractivity contribution < 1.29 is 8.42 Å². The summed E-state index contributed by atoms with van der Waals surface area (Å²) in [7, 11) is -3.37. The van der Waals surface area contributed by atoms with Gasteiger partial charge in [0.05, 0.1) is 4.90 Å². The van der Waals surface area contributed by atoms with E-state index in [9.17, 15) is 8.42 Å². The van der Waals surface area contributed by atoms with Crippen LogP contribution in [0.5, 0.6) is 0 Å². The molecule has 1 aliphatic heterocycles. The summed E-state index contributed by atoms with van der Waals surface area (Å²) in [5.74, 6) is 0. The monoisotopic (exact) mass is 311 g/mol. The number of hydrogen-bond acceptors (Lipinski definition) is 4. The zero-order chi connectivity index (χ0) is 15.5. The normalized spacial score (nSPS) is 18.7. The fourth-order valence-corrected chi connectivity index (χ4v) is 3.66. The van der Waals surface area contributed by atoms with Crippen LogP contribution in [-0.2, 0) is 10.0 Å². The van der Waals surface area contributed by atoms with Crippen LogP contribution < -0.4 is 15.4 Å². The average Bonchev–Trinajstić information content (AvgIpc) is 2.48. The van der Waals surface area contributed by atoms with Crippen LogP contribution >= 0.6 is 0 Å². The first kappa shape index (κ1) is 16.3. The molecule has 1 aromatic rings. The second-order valence-corrected chi connectivity index (χ2v) is 7.76. The predicted octanol–water partition coefficient (Wildman–Crippen LogP) is 1.55. The zero-order valence-corrected chi connectivity index (χ0v) is 13.6. The van der Waals surface area contributed by atoms with Crippen molar-refractivity contribution in [2.75, 3.05) is 31.1 Å². The molecular weight excluding hydrogens is 286 g/mol. The van der Waals surface area contributed by atoms with E-state index in [0.717, 1.165) is 38.2 Å². The molecule has 0 spiro atoms. The summed E-state index contributed by atoms with van der Waals surface area (Å²) in [6.45, 7) is 7.05. The van der Waals surface area contributed by atoms with Gasteiger partial charge in [0, 0.05) is 25.3 Å². The van der Waals surface area contributed by atoms with Gasteiger partial charge < -0.3 is 10.6 Å². The van der Waals surface area contributed by atoms with Gasteiger partial charge in [0.25, 0.3) is 0 Å². The lowest BCUT2D eigenvalue weighted by molar-refractivity contribution is 0.258. The van der Waals surface area contributed by atoms with Gasteiger partial charge in [0.2, 0.25) is 10.0 Å². The molecule has 0 radical (unpaired) electrons. The number of nitrogens with one attached hydrogen (secondary N) is 1. The first-order valence-electron chi connectivity index (χ1n) is 7.45. The van der Waals surface area contributed by atoms with E-state index in [2.05, 4.69) is 16.5 Å². The van der Waals surface area contributed by atoms with Crippen molar-refractivity contribution in [1.82, 2.24) is 4.72 Å². The molecule has 0 atom stereocenters. The number of piperidine rings is 1. The minimum atomic E-state index is -3.37. The Morgan fingerprint density at radius 1 is 1.24 bits per heavy atom. The van der Waals surface area contributed by atoms with E-state index in [-0.39, 0.29) is 5.41 Å². The molecule has 6 heteroatoms. The Morgan fingerprint density at radius 2 is 1.81 bits per heavy atom. The summed E-state index contributed by atoms with van der Waals surface area (Å²) in [6.07, 6.45) is 2.14. The lowest BCUT2D eigenvalue weighted by atomic mass is 9.80. The van der Waals surface area contributed by atoms with Gasteiger partial charge in [-0.2, -0.15) is 0 Å². The van der Waals surface area contributed by atoms with Crippen LogP contribution in [0, 0.1) is 5.41 Å². The molecule has 118 valence electrons. The molecule has 1 saturated heterocycles. The van der Waals surface area contributed by atoms with E-state index in [4.69, 9.17) is 5.73 Å². The molecule has 2 rings (SSSR count). The lowest BCUT2D eigenvalue weighted by Gasteiger charge is -2.39. The fraction of sp³-hybridized carbons (Fsp3) is 0.600. The molecule has 0 saturated carbocycles. The molecule has 1 heterocycles. The Balaban J connectivity index is 2.07. The standard InChI is InChI=1S/C15H25N3O2S/c1-3-17-21(19,20)14-6-4-13(5-7-14)18-10-8-15(2,12-16)9-11-18/h4-7,17H,3,8-12,16H2,1-2H3. The third kappa shape index (κ3) is 3.75. The average molecular weight is 311 g/mol. The summed E-state index contributed by atoms with van der Waals surface area (Å²) in [5.41, 5.74) is 7.14. The maximum absolute atomic E-state index is 11.9. The number of benzene rings is 1. The summed E-state index contributed by atoms with van der Waals surface area (Å²) < 4.78 is 26.3. The van der Waals surface area contributed by atoms with E-state index in [0.29, 0.717) is 11.4 Å². The van der Waals surface area contributed by atoms with Gasteiger partial charge in [0.1, 0.15) is 0 Å². The SMILES string of the molecule is CCNS(=O)(=O)c1ccc(N2CCC(C)(CN)CC2)cc1. The number of nitrogens with zero attached hydrogens (tertiary/aromatic N) is 1. The van der Waals surface area contributed by atoms with Crippen LogP contribution in [0.3, 0.4) is 0 Å². The van der Waals surface area contributed by atoms with Crippen molar-refractivity contribution in [2.45, 2.75) is 31.6 Å². The molecule has 0 unspecified atom stereocenters. The largest absolute Gasteiger partial charge is 0.371 e. The first-order chi connectivity index (χ1) is 9.90. The van der Waals surface area contributed by atoms with Crippen molar-refractivity contribution in [1.29, 1.82) is 0 Å². The lowest BCUT2D eigenvalue weighted by Crippen LogP contribution is -2.42. The number of anilines is 1. The van der Waals surface area contributed by atoms with Crippen molar-refractivity contribution >= 4 is 15.7 Å². The van der Waals surface area contributed by atoms with Crippen molar-refractivity contribution in [3.8, 4) is 0 Å². The molecule has 0 aromatic heterocycles. The van der Waals surface area contributed by atoms with Gasteiger partial charge in [-0.15, -0.1) is 0 Å². The third-order valence-corrected chi connectivity index (χ3v) is 5.87. The molecule has 5 nitrogen and oxygen atoms in total. The second-order valence-electron chi connectivity index (χ2n) is 6.00. The Kier molecular flexibility index (Phi) is 4.91. The van der Waals surface area contributed by atoms with Crippen LogP contribution in [0.15, 0.2) is 29.2 Å². The Hall–Kier alpha value is -1.11. The third-order valence-electron chi connectivity index (χ3n) is 4.31. The molecule has 0 amide bonds. The van der Waals surface area contributed by atoms with Crippen molar-refractivity contribution in [3.05, 3.63) is 24.3 Å². The van der Waals surface area contributed by atoms with Crippen molar-refractivity contribution in [3.63, 3.8) is 0 Å². The van der Waals surface area contributed by atoms with Crippen LogP contribution in [-0.4, -0.2) is 34.6 Å². The topological polar surface area (TPSA) is 75.4 Å². The molecule has 1 aliphatic rings. The highest BCUT2D eigenvalue weighted by Gasteiger charge is 2.28. The maximum Gasteiger partial charge on any atom is 0.240 e. The molecule has 1 fully saturated rings. The fourth-order valence-electron chi connectivity index (χ4n) is 2.62. The van der Waals surface area contributed by atoms with E-state index in [1.54, 1.807) is 19.1 Å². The predicted molar refractivity (Wildman–Crippen MR) is 85.9 cm³/mol. The molecule has 1 aromatic carbocycles. The molecule has 0 bridgehead atoms. The van der Waals surface area contributed by atoms with Crippen LogP contribution in [0.2, 0.25) is 0 Å². The van der Waals surface area contributed by atoms with Crippen LogP contribution in [0.25, 0.3) is 0 Å². The number of hydrogen-bond donors (Lipinski definition) is 2. The number of sulfonamides is 1. The smallest absolute Gasteiger partial charge is 0.240 e. The molecule has 0 aliphatic carbocycles. The van der Waals surface area contributed by atoms with Gasteiger partial charge in [-0.3, -0.25) is 0 Å². The quantitative estimate of drug-likeness (QED) is 0.865. The van der Waals surface area contributed by atoms with Crippen LogP contribution in [0.1, 0.15) is 26.7 Å². The Bertz CT molecular complexity index is 561. The highest BCUT2D eigenvalue weighted by Crippen LogP contribution is 2.32. The number of nitrogens with two attached hydrogens (primary N) is 1. The summed E-state index contributed by atoms with van der Waals surface area (Å²) >= 11 is 0. The van der Waals surface area contributed by atoms with Gasteiger partial charge >= 0.3 is 0 Å². The summed E-state index contributed by atoms with van der Waals surface area (Å²) in [4.78, 5) is 2.61. The van der Waals surface area contributed by atoms with Crippen molar-refractivity contribution in [2.24, 2.45) is 11.1 Å². The highest BCUT2D eigenvalue weighted by molar-refractivity contribution is 7.89. The van der Waals surface area contributed by atoms with Gasteiger partial charge in [0.15, 0.2) is 0 Å². The number of rotatable bonds is 5. The first-order valence-corrected chi connectivity index (χ1v) is 8.93. The van der Waals surface area contributed by atoms with Gasteiger partial charge in [-0.1, -0.05) is 13.8 Å². The maximum atomic E-state index is 11.9.